The normalized spacial score (nSPS) is 36.2. The van der Waals surface area contributed by atoms with Crippen LogP contribution in [0.5, 0.6) is 0 Å². The molecule has 0 spiro atoms. The van der Waals surface area contributed by atoms with Crippen LogP contribution in [-0.4, -0.2) is 48.0 Å². The fourth-order valence-electron chi connectivity index (χ4n) is 6.41. The highest BCUT2D eigenvalue weighted by molar-refractivity contribution is 5.82. The average molecular weight is 458 g/mol. The van der Waals surface area contributed by atoms with E-state index in [-0.39, 0.29) is 0 Å². The zero-order valence-corrected chi connectivity index (χ0v) is 20.8. The molecule has 33 heavy (non-hydrogen) atoms. The Labute approximate surface area is 199 Å². The number of hydrogen-bond donors (Lipinski definition) is 2. The molecule has 3 rings (SSSR count). The van der Waals surface area contributed by atoms with Gasteiger partial charge >= 0.3 is 0 Å². The van der Waals surface area contributed by atoms with Crippen molar-refractivity contribution in [2.24, 2.45) is 28.3 Å². The molecule has 0 aromatic heterocycles. The van der Waals surface area contributed by atoms with Gasteiger partial charge in [0, 0.05) is 13.0 Å². The van der Waals surface area contributed by atoms with E-state index in [2.05, 4.69) is 44.3 Å². The zero-order valence-electron chi connectivity index (χ0n) is 20.8. The standard InChI is InChI=1S/C28H43NO4/c1-6-14-33-29-20(3)18-32-17-19(2)25-11-12-26-22(8-7-13-28(25,26)5)9-10-23-15-24(30)16-27(31)21(23)4/h6,9-10,19,24-27,30-31H,1,4,7-8,11-18H2,2-3,5H3/b22-9+,23-10-,29-20-/t19-,24-,25-,26+,27+,28-/m1/s1. The van der Waals surface area contributed by atoms with Crippen molar-refractivity contribution >= 4 is 5.71 Å². The molecule has 0 aromatic carbocycles. The lowest BCUT2D eigenvalue weighted by atomic mass is 9.61. The molecular weight excluding hydrogens is 414 g/mol. The Balaban J connectivity index is 1.62. The number of nitrogens with zero attached hydrogens (tertiary/aromatic N) is 1. The summed E-state index contributed by atoms with van der Waals surface area (Å²) in [5, 5.41) is 24.2. The van der Waals surface area contributed by atoms with Crippen molar-refractivity contribution in [3.05, 3.63) is 48.1 Å². The summed E-state index contributed by atoms with van der Waals surface area (Å²) in [6.45, 7) is 16.1. The highest BCUT2D eigenvalue weighted by atomic mass is 16.6. The van der Waals surface area contributed by atoms with Crippen LogP contribution in [0.4, 0.5) is 0 Å². The molecule has 2 N–H and O–H groups in total. The first-order valence-electron chi connectivity index (χ1n) is 12.5. The Morgan fingerprint density at radius 2 is 2.09 bits per heavy atom. The number of allylic oxidation sites excluding steroid dienone is 3. The number of rotatable bonds is 9. The third-order valence-corrected chi connectivity index (χ3v) is 8.09. The number of aliphatic hydroxyl groups is 2. The van der Waals surface area contributed by atoms with Gasteiger partial charge in [-0.2, -0.15) is 0 Å². The maximum Gasteiger partial charge on any atom is 0.135 e. The van der Waals surface area contributed by atoms with E-state index in [0.717, 1.165) is 29.9 Å². The molecule has 0 aliphatic heterocycles. The lowest BCUT2D eigenvalue weighted by Gasteiger charge is -2.44. The van der Waals surface area contributed by atoms with Crippen LogP contribution in [0, 0.1) is 23.2 Å². The molecule has 0 aromatic rings. The molecule has 0 amide bonds. The number of fused-ring (bicyclic) bond motifs is 1. The van der Waals surface area contributed by atoms with Crippen molar-refractivity contribution in [3.8, 4) is 0 Å². The quantitative estimate of drug-likeness (QED) is 0.212. The van der Waals surface area contributed by atoms with Crippen LogP contribution >= 0.6 is 0 Å². The number of ether oxygens (including phenoxy) is 1. The van der Waals surface area contributed by atoms with Crippen molar-refractivity contribution in [2.75, 3.05) is 19.8 Å². The van der Waals surface area contributed by atoms with Crippen molar-refractivity contribution in [1.29, 1.82) is 0 Å². The molecule has 5 heteroatoms. The summed E-state index contributed by atoms with van der Waals surface area (Å²) in [6, 6.07) is 0. The monoisotopic (exact) mass is 457 g/mol. The fraction of sp³-hybridized carbons (Fsp3) is 0.679. The summed E-state index contributed by atoms with van der Waals surface area (Å²) in [6.07, 6.45) is 12.0. The van der Waals surface area contributed by atoms with Crippen molar-refractivity contribution in [2.45, 2.75) is 77.9 Å². The highest BCUT2D eigenvalue weighted by Crippen LogP contribution is 2.59. The molecule has 0 heterocycles. The minimum atomic E-state index is -0.631. The molecule has 0 radical (unpaired) electrons. The van der Waals surface area contributed by atoms with E-state index in [9.17, 15) is 10.2 Å². The second-order valence-corrected chi connectivity index (χ2v) is 10.6. The van der Waals surface area contributed by atoms with Crippen LogP contribution in [0.1, 0.15) is 65.7 Å². The third-order valence-electron chi connectivity index (χ3n) is 8.09. The molecule has 0 saturated heterocycles. The van der Waals surface area contributed by atoms with Crippen LogP contribution in [0.3, 0.4) is 0 Å². The van der Waals surface area contributed by atoms with Gasteiger partial charge in [0.25, 0.3) is 0 Å². The van der Waals surface area contributed by atoms with Gasteiger partial charge in [-0.05, 0) is 79.8 Å². The number of aliphatic hydroxyl groups excluding tert-OH is 2. The van der Waals surface area contributed by atoms with Crippen molar-refractivity contribution in [1.82, 2.24) is 0 Å². The molecule has 6 atom stereocenters. The smallest absolute Gasteiger partial charge is 0.135 e. The Morgan fingerprint density at radius 3 is 2.85 bits per heavy atom. The molecule has 3 aliphatic carbocycles. The zero-order chi connectivity index (χ0) is 24.0. The lowest BCUT2D eigenvalue weighted by Crippen LogP contribution is -2.37. The van der Waals surface area contributed by atoms with E-state index >= 15 is 0 Å². The van der Waals surface area contributed by atoms with Crippen LogP contribution in [0.15, 0.2) is 53.3 Å². The van der Waals surface area contributed by atoms with E-state index in [0.29, 0.717) is 49.2 Å². The van der Waals surface area contributed by atoms with Crippen LogP contribution in [0.2, 0.25) is 0 Å². The van der Waals surface area contributed by atoms with E-state index < -0.39 is 12.2 Å². The summed E-state index contributed by atoms with van der Waals surface area (Å²) in [5.74, 6) is 1.72. The van der Waals surface area contributed by atoms with Crippen molar-refractivity contribution in [3.63, 3.8) is 0 Å². The number of hydrogen-bond acceptors (Lipinski definition) is 5. The summed E-state index contributed by atoms with van der Waals surface area (Å²) in [7, 11) is 0. The third kappa shape index (κ3) is 6.26. The minimum absolute atomic E-state index is 0.296. The summed E-state index contributed by atoms with van der Waals surface area (Å²) in [5.41, 5.74) is 4.42. The summed E-state index contributed by atoms with van der Waals surface area (Å²) >= 11 is 0. The first-order chi connectivity index (χ1) is 15.8. The summed E-state index contributed by atoms with van der Waals surface area (Å²) in [4.78, 5) is 5.13. The van der Waals surface area contributed by atoms with Gasteiger partial charge in [-0.3, -0.25) is 0 Å². The van der Waals surface area contributed by atoms with Gasteiger partial charge in [-0.15, -0.1) is 0 Å². The largest absolute Gasteiger partial charge is 0.393 e. The number of oxime groups is 1. The van der Waals surface area contributed by atoms with Crippen molar-refractivity contribution < 1.29 is 19.8 Å². The van der Waals surface area contributed by atoms with Gasteiger partial charge in [-0.1, -0.05) is 56.0 Å². The maximum absolute atomic E-state index is 10.2. The van der Waals surface area contributed by atoms with Crippen LogP contribution in [-0.2, 0) is 9.57 Å². The molecule has 184 valence electrons. The van der Waals surface area contributed by atoms with Gasteiger partial charge in [-0.25, -0.2) is 0 Å². The lowest BCUT2D eigenvalue weighted by molar-refractivity contribution is 0.0448. The van der Waals surface area contributed by atoms with E-state index in [1.807, 2.05) is 6.92 Å². The van der Waals surface area contributed by atoms with E-state index in [4.69, 9.17) is 9.57 Å². The first-order valence-corrected chi connectivity index (χ1v) is 12.5. The van der Waals surface area contributed by atoms with Gasteiger partial charge in [0.1, 0.15) is 6.61 Å². The second-order valence-electron chi connectivity index (χ2n) is 10.6. The van der Waals surface area contributed by atoms with Crippen LogP contribution < -0.4 is 0 Å². The van der Waals surface area contributed by atoms with Gasteiger partial charge in [0.2, 0.25) is 0 Å². The highest BCUT2D eigenvalue weighted by Gasteiger charge is 2.50. The molecular formula is C28H43NO4. The predicted molar refractivity (Wildman–Crippen MR) is 134 cm³/mol. The second kappa shape index (κ2) is 11.6. The summed E-state index contributed by atoms with van der Waals surface area (Å²) < 4.78 is 5.99. The molecule has 3 fully saturated rings. The van der Waals surface area contributed by atoms with Crippen LogP contribution in [0.25, 0.3) is 0 Å². The van der Waals surface area contributed by atoms with E-state index in [1.165, 1.54) is 31.3 Å². The minimum Gasteiger partial charge on any atom is -0.393 e. The topological polar surface area (TPSA) is 71.3 Å². The Kier molecular flexibility index (Phi) is 9.14. The molecule has 0 unspecified atom stereocenters. The fourth-order valence-corrected chi connectivity index (χ4v) is 6.41. The predicted octanol–water partition coefficient (Wildman–Crippen LogP) is 5.36. The molecule has 3 saturated carbocycles. The Hall–Kier alpha value is -1.69. The Morgan fingerprint density at radius 1 is 1.30 bits per heavy atom. The van der Waals surface area contributed by atoms with Gasteiger partial charge in [0.15, 0.2) is 0 Å². The maximum atomic E-state index is 10.2. The molecule has 0 bridgehead atoms. The molecule has 3 aliphatic rings. The first kappa shape index (κ1) is 25.9. The van der Waals surface area contributed by atoms with E-state index in [1.54, 1.807) is 6.08 Å². The average Bonchev–Trinajstić information content (AvgIpc) is 3.13. The molecule has 5 nitrogen and oxygen atoms in total. The van der Waals surface area contributed by atoms with Gasteiger partial charge < -0.3 is 19.8 Å². The SMILES string of the molecule is C=CCO/N=C(/C)COC[C@@H](C)[C@H]1CC[C@H]2/C(=C/C=C3/C[C@@H](O)C[C@H](O)C3=C)CCC[C@]12C. The Bertz CT molecular complexity index is 798. The van der Waals surface area contributed by atoms with Gasteiger partial charge in [0.05, 0.1) is 24.5 Å².